The van der Waals surface area contributed by atoms with Crippen LogP contribution in [0.5, 0.6) is 0 Å². The number of anilines is 1. The highest BCUT2D eigenvalue weighted by molar-refractivity contribution is 5.89. The van der Waals surface area contributed by atoms with E-state index in [1.54, 1.807) is 12.3 Å². The maximum atomic E-state index is 11.4. The van der Waals surface area contributed by atoms with Crippen LogP contribution in [0.25, 0.3) is 0 Å². The SMILES string of the molecule is CCCCNC(=O)Nc1cccnc1C. The third-order valence-electron chi connectivity index (χ3n) is 2.07. The lowest BCUT2D eigenvalue weighted by atomic mass is 10.3. The number of aromatic nitrogens is 1. The molecule has 0 saturated carbocycles. The predicted octanol–water partition coefficient (Wildman–Crippen LogP) is 2.31. The Balaban J connectivity index is 2.41. The summed E-state index contributed by atoms with van der Waals surface area (Å²) in [6.07, 6.45) is 3.78. The van der Waals surface area contributed by atoms with Crippen LogP contribution >= 0.6 is 0 Å². The van der Waals surface area contributed by atoms with E-state index < -0.39 is 0 Å². The highest BCUT2D eigenvalue weighted by Gasteiger charge is 2.02. The number of carbonyl (C=O) groups excluding carboxylic acids is 1. The summed E-state index contributed by atoms with van der Waals surface area (Å²) in [6, 6.07) is 3.47. The van der Waals surface area contributed by atoms with Crippen LogP contribution in [0.15, 0.2) is 18.3 Å². The average molecular weight is 207 g/mol. The van der Waals surface area contributed by atoms with Crippen LogP contribution in [0.3, 0.4) is 0 Å². The molecule has 0 aliphatic rings. The molecule has 2 N–H and O–H groups in total. The number of unbranched alkanes of at least 4 members (excludes halogenated alkanes) is 1. The fraction of sp³-hybridized carbons (Fsp3) is 0.455. The fourth-order valence-electron chi connectivity index (χ4n) is 1.16. The molecule has 1 heterocycles. The molecular formula is C11H17N3O. The Hall–Kier alpha value is -1.58. The molecule has 0 radical (unpaired) electrons. The van der Waals surface area contributed by atoms with Crippen molar-refractivity contribution in [3.63, 3.8) is 0 Å². The third-order valence-corrected chi connectivity index (χ3v) is 2.07. The van der Waals surface area contributed by atoms with Crippen LogP contribution in [0.1, 0.15) is 25.5 Å². The van der Waals surface area contributed by atoms with Gasteiger partial charge in [0, 0.05) is 12.7 Å². The highest BCUT2D eigenvalue weighted by atomic mass is 16.2. The van der Waals surface area contributed by atoms with Gasteiger partial charge in [-0.05, 0) is 25.5 Å². The normalized spacial score (nSPS) is 9.73. The summed E-state index contributed by atoms with van der Waals surface area (Å²) in [7, 11) is 0. The largest absolute Gasteiger partial charge is 0.338 e. The quantitative estimate of drug-likeness (QED) is 0.744. The molecule has 0 aliphatic carbocycles. The minimum atomic E-state index is -0.167. The van der Waals surface area contributed by atoms with Crippen molar-refractivity contribution >= 4 is 11.7 Å². The van der Waals surface area contributed by atoms with Gasteiger partial charge in [0.2, 0.25) is 0 Å². The summed E-state index contributed by atoms with van der Waals surface area (Å²) in [4.78, 5) is 15.5. The molecule has 1 rings (SSSR count). The van der Waals surface area contributed by atoms with Crippen molar-refractivity contribution in [1.29, 1.82) is 0 Å². The number of nitrogens with zero attached hydrogens (tertiary/aromatic N) is 1. The van der Waals surface area contributed by atoms with Gasteiger partial charge in [0.15, 0.2) is 0 Å². The van der Waals surface area contributed by atoms with Crippen molar-refractivity contribution in [1.82, 2.24) is 10.3 Å². The second-order valence-electron chi connectivity index (χ2n) is 3.37. The van der Waals surface area contributed by atoms with Gasteiger partial charge in [0.1, 0.15) is 0 Å². The molecular weight excluding hydrogens is 190 g/mol. The maximum absolute atomic E-state index is 11.4. The molecule has 4 nitrogen and oxygen atoms in total. The molecule has 0 aromatic carbocycles. The summed E-state index contributed by atoms with van der Waals surface area (Å²) >= 11 is 0. The Kier molecular flexibility index (Phi) is 4.60. The molecule has 0 bridgehead atoms. The minimum absolute atomic E-state index is 0.167. The van der Waals surface area contributed by atoms with Crippen LogP contribution < -0.4 is 10.6 Å². The Morgan fingerprint density at radius 1 is 1.53 bits per heavy atom. The van der Waals surface area contributed by atoms with Crippen molar-refractivity contribution < 1.29 is 4.79 Å². The van der Waals surface area contributed by atoms with E-state index in [1.165, 1.54) is 0 Å². The van der Waals surface area contributed by atoms with Crippen LogP contribution in [-0.4, -0.2) is 17.6 Å². The second kappa shape index (κ2) is 6.01. The van der Waals surface area contributed by atoms with Gasteiger partial charge in [-0.15, -0.1) is 0 Å². The lowest BCUT2D eigenvalue weighted by Gasteiger charge is -2.08. The van der Waals surface area contributed by atoms with Gasteiger partial charge >= 0.3 is 6.03 Å². The van der Waals surface area contributed by atoms with E-state index in [-0.39, 0.29) is 6.03 Å². The van der Waals surface area contributed by atoms with Gasteiger partial charge in [-0.2, -0.15) is 0 Å². The number of carbonyl (C=O) groups is 1. The molecule has 1 aromatic rings. The first-order valence-corrected chi connectivity index (χ1v) is 5.20. The summed E-state index contributed by atoms with van der Waals surface area (Å²) in [6.45, 7) is 4.66. The highest BCUT2D eigenvalue weighted by Crippen LogP contribution is 2.09. The Bertz CT molecular complexity index is 325. The van der Waals surface area contributed by atoms with Crippen LogP contribution in [0.2, 0.25) is 0 Å². The lowest BCUT2D eigenvalue weighted by molar-refractivity contribution is 0.252. The summed E-state index contributed by atoms with van der Waals surface area (Å²) < 4.78 is 0. The number of urea groups is 1. The van der Waals surface area contributed by atoms with Gasteiger partial charge in [-0.1, -0.05) is 13.3 Å². The zero-order valence-corrected chi connectivity index (χ0v) is 9.21. The van der Waals surface area contributed by atoms with Crippen LogP contribution in [0.4, 0.5) is 10.5 Å². The zero-order valence-electron chi connectivity index (χ0n) is 9.21. The number of nitrogens with one attached hydrogen (secondary N) is 2. The molecule has 2 amide bonds. The van der Waals surface area contributed by atoms with E-state index in [2.05, 4.69) is 22.5 Å². The Labute approximate surface area is 90.1 Å². The molecule has 0 fully saturated rings. The van der Waals surface area contributed by atoms with E-state index in [1.807, 2.05) is 13.0 Å². The van der Waals surface area contributed by atoms with Crippen LogP contribution in [-0.2, 0) is 0 Å². The topological polar surface area (TPSA) is 54.0 Å². The van der Waals surface area contributed by atoms with E-state index in [0.29, 0.717) is 6.54 Å². The summed E-state index contributed by atoms with van der Waals surface area (Å²) in [5.41, 5.74) is 1.58. The molecule has 82 valence electrons. The predicted molar refractivity (Wildman–Crippen MR) is 60.9 cm³/mol. The Morgan fingerprint density at radius 3 is 3.00 bits per heavy atom. The molecule has 0 unspecified atom stereocenters. The van der Waals surface area contributed by atoms with E-state index >= 15 is 0 Å². The van der Waals surface area contributed by atoms with Gasteiger partial charge in [-0.25, -0.2) is 4.79 Å². The number of aryl methyl sites for hydroxylation is 1. The van der Waals surface area contributed by atoms with Crippen molar-refractivity contribution in [2.24, 2.45) is 0 Å². The lowest BCUT2D eigenvalue weighted by Crippen LogP contribution is -2.29. The summed E-state index contributed by atoms with van der Waals surface area (Å²) in [5.74, 6) is 0. The van der Waals surface area contributed by atoms with Crippen molar-refractivity contribution in [2.45, 2.75) is 26.7 Å². The number of rotatable bonds is 4. The molecule has 0 aliphatic heterocycles. The number of hydrogen-bond donors (Lipinski definition) is 2. The smallest absolute Gasteiger partial charge is 0.319 e. The average Bonchev–Trinajstić information content (AvgIpc) is 2.22. The molecule has 15 heavy (non-hydrogen) atoms. The number of pyridine rings is 1. The van der Waals surface area contributed by atoms with E-state index in [9.17, 15) is 4.79 Å². The van der Waals surface area contributed by atoms with Crippen molar-refractivity contribution in [3.8, 4) is 0 Å². The second-order valence-corrected chi connectivity index (χ2v) is 3.37. The first-order valence-electron chi connectivity index (χ1n) is 5.20. The first kappa shape index (κ1) is 11.5. The van der Waals surface area contributed by atoms with Gasteiger partial charge in [-0.3, -0.25) is 4.98 Å². The molecule has 4 heteroatoms. The van der Waals surface area contributed by atoms with Crippen molar-refractivity contribution in [3.05, 3.63) is 24.0 Å². The third kappa shape index (κ3) is 3.97. The first-order chi connectivity index (χ1) is 7.24. The molecule has 0 atom stereocenters. The van der Waals surface area contributed by atoms with E-state index in [0.717, 1.165) is 24.2 Å². The minimum Gasteiger partial charge on any atom is -0.338 e. The van der Waals surface area contributed by atoms with Gasteiger partial charge < -0.3 is 10.6 Å². The molecule has 0 saturated heterocycles. The summed E-state index contributed by atoms with van der Waals surface area (Å²) in [5, 5.41) is 5.54. The maximum Gasteiger partial charge on any atom is 0.319 e. The van der Waals surface area contributed by atoms with E-state index in [4.69, 9.17) is 0 Å². The van der Waals surface area contributed by atoms with Crippen molar-refractivity contribution in [2.75, 3.05) is 11.9 Å². The standard InChI is InChI=1S/C11H17N3O/c1-3-4-7-13-11(15)14-10-6-5-8-12-9(10)2/h5-6,8H,3-4,7H2,1-2H3,(H2,13,14,15). The monoisotopic (exact) mass is 207 g/mol. The number of hydrogen-bond acceptors (Lipinski definition) is 2. The van der Waals surface area contributed by atoms with Gasteiger partial charge in [0.05, 0.1) is 11.4 Å². The fourth-order valence-corrected chi connectivity index (χ4v) is 1.16. The number of amides is 2. The molecule has 1 aromatic heterocycles. The van der Waals surface area contributed by atoms with Crippen LogP contribution in [0, 0.1) is 6.92 Å². The zero-order chi connectivity index (χ0) is 11.1. The van der Waals surface area contributed by atoms with Gasteiger partial charge in [0.25, 0.3) is 0 Å². The Morgan fingerprint density at radius 2 is 2.33 bits per heavy atom. The molecule has 0 spiro atoms.